The molecule has 88 valence electrons. The minimum absolute atomic E-state index is 0.0140. The van der Waals surface area contributed by atoms with Gasteiger partial charge >= 0.3 is 5.97 Å². The van der Waals surface area contributed by atoms with Crippen molar-refractivity contribution in [2.75, 3.05) is 27.2 Å². The maximum atomic E-state index is 11.2. The van der Waals surface area contributed by atoms with Crippen molar-refractivity contribution in [2.24, 2.45) is 5.92 Å². The smallest absolute Gasteiger partial charge is 0.303 e. The van der Waals surface area contributed by atoms with Crippen LogP contribution in [-0.4, -0.2) is 49.1 Å². The number of nitrogens with zero attached hydrogens (tertiary/aromatic N) is 1. The van der Waals surface area contributed by atoms with Crippen LogP contribution in [0.3, 0.4) is 0 Å². The van der Waals surface area contributed by atoms with Gasteiger partial charge in [0, 0.05) is 25.9 Å². The Morgan fingerprint density at radius 3 is 2.53 bits per heavy atom. The lowest BCUT2D eigenvalue weighted by atomic mass is 10.1. The second-order valence-electron chi connectivity index (χ2n) is 3.77. The lowest BCUT2D eigenvalue weighted by Gasteiger charge is -2.19. The Hall–Kier alpha value is -1.10. The normalized spacial score (nSPS) is 12.5. The van der Waals surface area contributed by atoms with E-state index >= 15 is 0 Å². The molecule has 0 aromatic rings. The number of amides is 1. The predicted molar refractivity (Wildman–Crippen MR) is 57.6 cm³/mol. The second-order valence-corrected chi connectivity index (χ2v) is 3.77. The van der Waals surface area contributed by atoms with Crippen molar-refractivity contribution in [1.82, 2.24) is 10.2 Å². The lowest BCUT2D eigenvalue weighted by Crippen LogP contribution is -2.34. The van der Waals surface area contributed by atoms with Gasteiger partial charge in [-0.1, -0.05) is 6.92 Å². The van der Waals surface area contributed by atoms with E-state index in [0.717, 1.165) is 0 Å². The fourth-order valence-electron chi connectivity index (χ4n) is 1.39. The van der Waals surface area contributed by atoms with E-state index < -0.39 is 5.97 Å². The third-order valence-corrected chi connectivity index (χ3v) is 2.21. The number of carboxylic acid groups (broad SMARTS) is 1. The summed E-state index contributed by atoms with van der Waals surface area (Å²) < 4.78 is 0. The molecule has 0 spiro atoms. The molecular formula is C10H20N2O3. The molecule has 0 aliphatic rings. The van der Waals surface area contributed by atoms with Crippen LogP contribution in [0.5, 0.6) is 0 Å². The number of carboxylic acids is 1. The highest BCUT2D eigenvalue weighted by molar-refractivity contribution is 5.78. The molecule has 0 saturated carbocycles. The van der Waals surface area contributed by atoms with Crippen LogP contribution in [-0.2, 0) is 9.59 Å². The maximum Gasteiger partial charge on any atom is 0.303 e. The number of hydrogen-bond acceptors (Lipinski definition) is 3. The molecule has 0 radical (unpaired) electrons. The van der Waals surface area contributed by atoms with E-state index in [-0.39, 0.29) is 18.2 Å². The van der Waals surface area contributed by atoms with Gasteiger partial charge in [-0.25, -0.2) is 0 Å². The number of hydrogen-bond donors (Lipinski definition) is 2. The summed E-state index contributed by atoms with van der Waals surface area (Å²) in [6.07, 6.45) is 0.797. The van der Waals surface area contributed by atoms with Gasteiger partial charge in [-0.3, -0.25) is 9.59 Å². The topological polar surface area (TPSA) is 69.6 Å². The Kier molecular flexibility index (Phi) is 6.70. The van der Waals surface area contributed by atoms with Crippen LogP contribution in [0.2, 0.25) is 0 Å². The molecule has 0 bridgehead atoms. The molecule has 0 aromatic heterocycles. The summed E-state index contributed by atoms with van der Waals surface area (Å²) in [6.45, 7) is 3.21. The minimum atomic E-state index is -0.775. The zero-order valence-corrected chi connectivity index (χ0v) is 9.62. The van der Waals surface area contributed by atoms with Gasteiger partial charge in [0.15, 0.2) is 0 Å². The molecule has 15 heavy (non-hydrogen) atoms. The van der Waals surface area contributed by atoms with Gasteiger partial charge in [-0.2, -0.15) is 0 Å². The lowest BCUT2D eigenvalue weighted by molar-refractivity contribution is -0.137. The van der Waals surface area contributed by atoms with E-state index in [1.807, 2.05) is 18.9 Å². The summed E-state index contributed by atoms with van der Waals surface area (Å²) in [5.41, 5.74) is 0. The van der Waals surface area contributed by atoms with Crippen molar-refractivity contribution < 1.29 is 14.7 Å². The summed E-state index contributed by atoms with van der Waals surface area (Å²) >= 11 is 0. The summed E-state index contributed by atoms with van der Waals surface area (Å²) in [5, 5.41) is 11.0. The van der Waals surface area contributed by atoms with E-state index in [2.05, 4.69) is 5.32 Å². The monoisotopic (exact) mass is 216 g/mol. The molecule has 1 atom stereocenters. The first kappa shape index (κ1) is 13.9. The van der Waals surface area contributed by atoms with Crippen LogP contribution in [0.15, 0.2) is 0 Å². The number of nitrogens with one attached hydrogen (secondary N) is 1. The average molecular weight is 216 g/mol. The number of carbonyl (C=O) groups is 2. The molecule has 0 aromatic carbocycles. The molecule has 0 rings (SSSR count). The van der Waals surface area contributed by atoms with Crippen LogP contribution in [0.1, 0.15) is 19.8 Å². The van der Waals surface area contributed by atoms with Crippen LogP contribution < -0.4 is 5.32 Å². The predicted octanol–water partition coefficient (Wildman–Crippen LogP) is 0.165. The summed E-state index contributed by atoms with van der Waals surface area (Å²) in [5.74, 6) is -0.826. The summed E-state index contributed by atoms with van der Waals surface area (Å²) in [7, 11) is 3.50. The van der Waals surface area contributed by atoms with E-state index in [1.54, 1.807) is 7.05 Å². The molecule has 5 heteroatoms. The highest BCUT2D eigenvalue weighted by Gasteiger charge is 2.13. The van der Waals surface area contributed by atoms with Crippen LogP contribution in [0, 0.1) is 5.92 Å². The first-order valence-corrected chi connectivity index (χ1v) is 5.09. The van der Waals surface area contributed by atoms with E-state index in [4.69, 9.17) is 5.11 Å². The third kappa shape index (κ3) is 6.90. The van der Waals surface area contributed by atoms with Gasteiger partial charge in [-0.15, -0.1) is 0 Å². The average Bonchev–Trinajstić information content (AvgIpc) is 2.15. The molecule has 0 saturated heterocycles. The summed E-state index contributed by atoms with van der Waals surface area (Å²) in [4.78, 5) is 23.4. The van der Waals surface area contributed by atoms with Crippen molar-refractivity contribution >= 4 is 11.9 Å². The van der Waals surface area contributed by atoms with E-state index in [0.29, 0.717) is 19.5 Å². The van der Waals surface area contributed by atoms with E-state index in [9.17, 15) is 9.59 Å². The fraction of sp³-hybridized carbons (Fsp3) is 0.800. The number of aliphatic carboxylic acids is 1. The number of carbonyl (C=O) groups excluding carboxylic acids is 1. The Morgan fingerprint density at radius 2 is 2.07 bits per heavy atom. The van der Waals surface area contributed by atoms with Gasteiger partial charge in [0.2, 0.25) is 5.91 Å². The molecule has 0 aliphatic heterocycles. The molecule has 2 N–H and O–H groups in total. The second kappa shape index (κ2) is 7.23. The van der Waals surface area contributed by atoms with Crippen molar-refractivity contribution in [1.29, 1.82) is 0 Å². The summed E-state index contributed by atoms with van der Waals surface area (Å²) in [6, 6.07) is 0. The van der Waals surface area contributed by atoms with Gasteiger partial charge < -0.3 is 15.3 Å². The molecule has 1 amide bonds. The Morgan fingerprint density at radius 1 is 1.47 bits per heavy atom. The molecule has 0 fully saturated rings. The largest absolute Gasteiger partial charge is 0.481 e. The van der Waals surface area contributed by atoms with Crippen molar-refractivity contribution in [3.05, 3.63) is 0 Å². The van der Waals surface area contributed by atoms with Gasteiger partial charge in [0.1, 0.15) is 0 Å². The standard InChI is InChI=1S/C10H20N2O3/c1-8(10(15)11-2)7-12(3)6-4-5-9(13)14/h8H,4-7H2,1-3H3,(H,11,15)(H,13,14). The first-order chi connectivity index (χ1) is 6.97. The van der Waals surface area contributed by atoms with Gasteiger partial charge in [0.05, 0.1) is 0 Å². The molecule has 0 aliphatic carbocycles. The Labute approximate surface area is 90.5 Å². The Bertz CT molecular complexity index is 219. The zero-order valence-electron chi connectivity index (χ0n) is 9.62. The van der Waals surface area contributed by atoms with E-state index in [1.165, 1.54) is 0 Å². The molecular weight excluding hydrogens is 196 g/mol. The highest BCUT2D eigenvalue weighted by atomic mass is 16.4. The Balaban J connectivity index is 3.68. The van der Waals surface area contributed by atoms with Crippen LogP contribution in [0.25, 0.3) is 0 Å². The zero-order chi connectivity index (χ0) is 11.8. The van der Waals surface area contributed by atoms with Crippen LogP contribution >= 0.6 is 0 Å². The highest BCUT2D eigenvalue weighted by Crippen LogP contribution is 2.00. The van der Waals surface area contributed by atoms with Crippen molar-refractivity contribution in [3.8, 4) is 0 Å². The minimum Gasteiger partial charge on any atom is -0.481 e. The quantitative estimate of drug-likeness (QED) is 0.636. The van der Waals surface area contributed by atoms with Crippen molar-refractivity contribution in [3.63, 3.8) is 0 Å². The van der Waals surface area contributed by atoms with Gasteiger partial charge in [0.25, 0.3) is 0 Å². The molecule has 5 nitrogen and oxygen atoms in total. The third-order valence-electron chi connectivity index (χ3n) is 2.21. The molecule has 0 heterocycles. The van der Waals surface area contributed by atoms with Gasteiger partial charge in [-0.05, 0) is 20.0 Å². The first-order valence-electron chi connectivity index (χ1n) is 5.09. The van der Waals surface area contributed by atoms with Crippen LogP contribution in [0.4, 0.5) is 0 Å². The number of rotatable bonds is 7. The maximum absolute atomic E-state index is 11.2. The fourth-order valence-corrected chi connectivity index (χ4v) is 1.39. The SMILES string of the molecule is CNC(=O)C(C)CN(C)CCCC(=O)O. The molecule has 1 unspecified atom stereocenters. The van der Waals surface area contributed by atoms with Crippen molar-refractivity contribution in [2.45, 2.75) is 19.8 Å².